The molecule has 1 unspecified atom stereocenters. The van der Waals surface area contributed by atoms with E-state index in [9.17, 15) is 13.7 Å². The number of halogens is 2. The SMILES string of the molecule is N#Cc1ccc2c(c1)CC(NS(=O)(=O)c1ccccc1Cl)CN2Cc1cccc(Cl)c1. The lowest BCUT2D eigenvalue weighted by molar-refractivity contribution is 0.524. The molecule has 0 saturated heterocycles. The summed E-state index contributed by atoms with van der Waals surface area (Å²) in [4.78, 5) is 2.15. The zero-order chi connectivity index (χ0) is 22.0. The Labute approximate surface area is 191 Å². The Bertz CT molecular complexity index is 1270. The zero-order valence-corrected chi connectivity index (χ0v) is 18.8. The van der Waals surface area contributed by atoms with E-state index in [1.54, 1.807) is 24.3 Å². The Morgan fingerprint density at radius 1 is 1.06 bits per heavy atom. The summed E-state index contributed by atoms with van der Waals surface area (Å²) in [6, 6.07) is 21.2. The van der Waals surface area contributed by atoms with Crippen LogP contribution in [0.2, 0.25) is 10.0 Å². The molecule has 0 fully saturated rings. The lowest BCUT2D eigenvalue weighted by Gasteiger charge is -2.36. The van der Waals surface area contributed by atoms with Gasteiger partial charge in [-0.15, -0.1) is 0 Å². The van der Waals surface area contributed by atoms with Gasteiger partial charge in [0.15, 0.2) is 0 Å². The van der Waals surface area contributed by atoms with E-state index in [2.05, 4.69) is 15.7 Å². The average Bonchev–Trinajstić information content (AvgIpc) is 2.73. The number of nitriles is 1. The summed E-state index contributed by atoms with van der Waals surface area (Å²) in [7, 11) is -3.81. The van der Waals surface area contributed by atoms with Gasteiger partial charge in [-0.2, -0.15) is 5.26 Å². The van der Waals surface area contributed by atoms with Crippen molar-refractivity contribution in [3.05, 3.63) is 93.5 Å². The van der Waals surface area contributed by atoms with Crippen molar-refractivity contribution in [1.82, 2.24) is 4.72 Å². The maximum atomic E-state index is 13.0. The summed E-state index contributed by atoms with van der Waals surface area (Å²) in [5.41, 5.74) is 3.44. The monoisotopic (exact) mass is 471 g/mol. The van der Waals surface area contributed by atoms with Crippen molar-refractivity contribution in [2.45, 2.75) is 23.9 Å². The average molecular weight is 472 g/mol. The number of nitrogens with zero attached hydrogens (tertiary/aromatic N) is 2. The number of benzene rings is 3. The molecule has 0 aliphatic carbocycles. The molecule has 8 heteroatoms. The molecule has 0 radical (unpaired) electrons. The van der Waals surface area contributed by atoms with Crippen molar-refractivity contribution < 1.29 is 8.42 Å². The van der Waals surface area contributed by atoms with Crippen molar-refractivity contribution in [1.29, 1.82) is 5.26 Å². The Morgan fingerprint density at radius 3 is 2.61 bits per heavy atom. The first kappa shape index (κ1) is 21.7. The van der Waals surface area contributed by atoms with Crippen LogP contribution in [-0.2, 0) is 23.0 Å². The second-order valence-electron chi connectivity index (χ2n) is 7.42. The summed E-state index contributed by atoms with van der Waals surface area (Å²) < 4.78 is 28.8. The normalized spacial score (nSPS) is 15.9. The highest BCUT2D eigenvalue weighted by molar-refractivity contribution is 7.89. The molecule has 0 bridgehead atoms. The molecular weight excluding hydrogens is 453 g/mol. The minimum absolute atomic E-state index is 0.0506. The third kappa shape index (κ3) is 4.86. The van der Waals surface area contributed by atoms with Crippen LogP contribution in [0.15, 0.2) is 71.6 Å². The van der Waals surface area contributed by atoms with Crippen LogP contribution in [-0.4, -0.2) is 21.0 Å². The number of nitrogens with one attached hydrogen (secondary N) is 1. The van der Waals surface area contributed by atoms with Gasteiger partial charge in [0.2, 0.25) is 10.0 Å². The van der Waals surface area contributed by atoms with E-state index < -0.39 is 10.0 Å². The van der Waals surface area contributed by atoms with Crippen LogP contribution in [0.5, 0.6) is 0 Å². The molecule has 158 valence electrons. The van der Waals surface area contributed by atoms with Gasteiger partial charge in [-0.25, -0.2) is 13.1 Å². The van der Waals surface area contributed by atoms with Crippen molar-refractivity contribution in [3.63, 3.8) is 0 Å². The van der Waals surface area contributed by atoms with E-state index in [1.165, 1.54) is 6.07 Å². The molecule has 1 aliphatic rings. The van der Waals surface area contributed by atoms with Gasteiger partial charge in [0, 0.05) is 29.8 Å². The van der Waals surface area contributed by atoms with Gasteiger partial charge in [0.25, 0.3) is 0 Å². The lowest BCUT2D eigenvalue weighted by Crippen LogP contribution is -2.48. The summed E-state index contributed by atoms with van der Waals surface area (Å²) in [6.07, 6.45) is 0.473. The first-order valence-corrected chi connectivity index (χ1v) is 11.9. The van der Waals surface area contributed by atoms with Gasteiger partial charge in [-0.3, -0.25) is 0 Å². The molecule has 3 aromatic rings. The Hall–Kier alpha value is -2.56. The molecule has 1 aliphatic heterocycles. The predicted molar refractivity (Wildman–Crippen MR) is 123 cm³/mol. The van der Waals surface area contributed by atoms with Crippen molar-refractivity contribution in [2.24, 2.45) is 0 Å². The smallest absolute Gasteiger partial charge is 0.242 e. The number of hydrogen-bond donors (Lipinski definition) is 1. The highest BCUT2D eigenvalue weighted by Gasteiger charge is 2.29. The molecule has 1 heterocycles. The fourth-order valence-corrected chi connectivity index (χ4v) is 5.81. The Kier molecular flexibility index (Phi) is 6.22. The van der Waals surface area contributed by atoms with E-state index in [0.29, 0.717) is 30.1 Å². The Balaban J connectivity index is 1.66. The van der Waals surface area contributed by atoms with Gasteiger partial charge in [-0.1, -0.05) is 47.5 Å². The molecule has 0 saturated carbocycles. The third-order valence-corrected chi connectivity index (χ3v) is 7.42. The van der Waals surface area contributed by atoms with Crippen LogP contribution in [0.1, 0.15) is 16.7 Å². The quantitative estimate of drug-likeness (QED) is 0.581. The number of fused-ring (bicyclic) bond motifs is 1. The number of sulfonamides is 1. The van der Waals surface area contributed by atoms with Gasteiger partial charge >= 0.3 is 0 Å². The second-order valence-corrected chi connectivity index (χ2v) is 9.94. The van der Waals surface area contributed by atoms with E-state index in [1.807, 2.05) is 36.4 Å². The highest BCUT2D eigenvalue weighted by Crippen LogP contribution is 2.31. The van der Waals surface area contributed by atoms with Crippen molar-refractivity contribution >= 4 is 38.9 Å². The number of anilines is 1. The van der Waals surface area contributed by atoms with Crippen LogP contribution >= 0.6 is 23.2 Å². The Morgan fingerprint density at radius 2 is 1.87 bits per heavy atom. The standard InChI is InChI=1S/C23H19Cl2N3O2S/c24-19-5-3-4-17(11-19)14-28-15-20(12-18-10-16(13-26)8-9-22(18)28)27-31(29,30)23-7-2-1-6-21(23)25/h1-11,20,27H,12,14-15H2. The first-order valence-electron chi connectivity index (χ1n) is 9.65. The molecule has 5 nitrogen and oxygen atoms in total. The molecule has 0 aromatic heterocycles. The minimum atomic E-state index is -3.81. The molecule has 3 aromatic carbocycles. The van der Waals surface area contributed by atoms with E-state index in [-0.39, 0.29) is 16.0 Å². The second kappa shape index (κ2) is 8.89. The van der Waals surface area contributed by atoms with Gasteiger partial charge in [-0.05, 0) is 60.0 Å². The maximum absolute atomic E-state index is 13.0. The summed E-state index contributed by atoms with van der Waals surface area (Å²) >= 11 is 12.3. The van der Waals surface area contributed by atoms with Gasteiger partial charge in [0.05, 0.1) is 16.7 Å². The molecule has 0 spiro atoms. The van der Waals surface area contributed by atoms with E-state index in [4.69, 9.17) is 23.2 Å². The maximum Gasteiger partial charge on any atom is 0.242 e. The lowest BCUT2D eigenvalue weighted by atomic mass is 9.96. The van der Waals surface area contributed by atoms with Crippen LogP contribution in [0.3, 0.4) is 0 Å². The molecular formula is C23H19Cl2N3O2S. The van der Waals surface area contributed by atoms with Crippen LogP contribution in [0.4, 0.5) is 5.69 Å². The van der Waals surface area contributed by atoms with Gasteiger partial charge in [0.1, 0.15) is 4.90 Å². The van der Waals surface area contributed by atoms with Crippen LogP contribution in [0, 0.1) is 11.3 Å². The van der Waals surface area contributed by atoms with Crippen LogP contribution in [0.25, 0.3) is 0 Å². The van der Waals surface area contributed by atoms with E-state index in [0.717, 1.165) is 16.8 Å². The van der Waals surface area contributed by atoms with E-state index >= 15 is 0 Å². The summed E-state index contributed by atoms with van der Waals surface area (Å²) in [6.45, 7) is 1.03. The van der Waals surface area contributed by atoms with Crippen molar-refractivity contribution in [3.8, 4) is 6.07 Å². The molecule has 0 amide bonds. The summed E-state index contributed by atoms with van der Waals surface area (Å²) in [5.74, 6) is 0. The summed E-state index contributed by atoms with van der Waals surface area (Å²) in [5, 5.41) is 10.1. The number of rotatable bonds is 5. The van der Waals surface area contributed by atoms with Gasteiger partial charge < -0.3 is 4.90 Å². The number of hydrogen-bond acceptors (Lipinski definition) is 4. The fourth-order valence-electron chi connectivity index (χ4n) is 3.85. The molecule has 1 N–H and O–H groups in total. The van der Waals surface area contributed by atoms with Crippen molar-refractivity contribution in [2.75, 3.05) is 11.4 Å². The largest absolute Gasteiger partial charge is 0.365 e. The first-order chi connectivity index (χ1) is 14.9. The predicted octanol–water partition coefficient (Wildman–Crippen LogP) is 4.77. The zero-order valence-electron chi connectivity index (χ0n) is 16.4. The molecule has 4 rings (SSSR count). The topological polar surface area (TPSA) is 73.2 Å². The molecule has 1 atom stereocenters. The van der Waals surface area contributed by atoms with Crippen LogP contribution < -0.4 is 9.62 Å². The minimum Gasteiger partial charge on any atom is -0.365 e. The molecule has 31 heavy (non-hydrogen) atoms. The highest BCUT2D eigenvalue weighted by atomic mass is 35.5. The third-order valence-electron chi connectivity index (χ3n) is 5.17. The fraction of sp³-hybridized carbons (Fsp3) is 0.174.